The minimum absolute atomic E-state index is 0.434. The third-order valence-corrected chi connectivity index (χ3v) is 4.38. The van der Waals surface area contributed by atoms with E-state index in [1.165, 1.54) is 49.9 Å². The van der Waals surface area contributed by atoms with Crippen LogP contribution in [0.25, 0.3) is 0 Å². The second kappa shape index (κ2) is 4.69. The Bertz CT molecular complexity index is 388. The molecule has 0 saturated heterocycles. The molecule has 0 aromatic heterocycles. The highest BCUT2D eigenvalue weighted by Gasteiger charge is 2.27. The van der Waals surface area contributed by atoms with E-state index in [-0.39, 0.29) is 0 Å². The summed E-state index contributed by atoms with van der Waals surface area (Å²) in [6, 6.07) is 9.30. The highest BCUT2D eigenvalue weighted by atomic mass is 15.1. The van der Waals surface area contributed by atoms with E-state index in [4.69, 9.17) is 5.73 Å². The molecular weight excluding hydrogens is 208 g/mol. The van der Waals surface area contributed by atoms with Gasteiger partial charge in [-0.15, -0.1) is 0 Å². The van der Waals surface area contributed by atoms with Crippen molar-refractivity contribution in [1.82, 2.24) is 0 Å². The lowest BCUT2D eigenvalue weighted by Crippen LogP contribution is -2.38. The van der Waals surface area contributed by atoms with Crippen molar-refractivity contribution >= 4 is 5.69 Å². The zero-order chi connectivity index (χ0) is 11.7. The molecule has 2 aliphatic rings. The summed E-state index contributed by atoms with van der Waals surface area (Å²) in [6.07, 6.45) is 6.39. The standard InChI is InChI=1S/C15H22N2/c16-14-8-3-6-13(14)11-17-10-4-7-12-5-1-2-9-15(12)17/h1-2,5,9,13-14H,3-4,6-8,10-11,16H2. The van der Waals surface area contributed by atoms with Crippen LogP contribution in [-0.2, 0) is 6.42 Å². The second-order valence-corrected chi connectivity index (χ2v) is 5.53. The smallest absolute Gasteiger partial charge is 0.0398 e. The minimum atomic E-state index is 0.434. The number of aryl methyl sites for hydroxylation is 1. The Kier molecular flexibility index (Phi) is 3.06. The van der Waals surface area contributed by atoms with Crippen molar-refractivity contribution in [2.24, 2.45) is 11.7 Å². The van der Waals surface area contributed by atoms with Gasteiger partial charge in [0.25, 0.3) is 0 Å². The van der Waals surface area contributed by atoms with Crippen LogP contribution < -0.4 is 10.6 Å². The molecule has 2 heteroatoms. The molecule has 17 heavy (non-hydrogen) atoms. The molecular formula is C15H22N2. The maximum Gasteiger partial charge on any atom is 0.0398 e. The Morgan fingerprint density at radius 1 is 1.18 bits per heavy atom. The van der Waals surface area contributed by atoms with Crippen LogP contribution in [0, 0.1) is 5.92 Å². The van der Waals surface area contributed by atoms with Crippen molar-refractivity contribution in [3.63, 3.8) is 0 Å². The summed E-state index contributed by atoms with van der Waals surface area (Å²) in [5.74, 6) is 0.709. The molecule has 2 unspecified atom stereocenters. The van der Waals surface area contributed by atoms with Crippen molar-refractivity contribution in [3.8, 4) is 0 Å². The van der Waals surface area contributed by atoms with E-state index in [1.54, 1.807) is 0 Å². The van der Waals surface area contributed by atoms with Gasteiger partial charge in [0.05, 0.1) is 0 Å². The summed E-state index contributed by atoms with van der Waals surface area (Å²) in [5, 5.41) is 0. The quantitative estimate of drug-likeness (QED) is 0.846. The van der Waals surface area contributed by atoms with Crippen molar-refractivity contribution < 1.29 is 0 Å². The maximum absolute atomic E-state index is 6.19. The number of fused-ring (bicyclic) bond motifs is 1. The largest absolute Gasteiger partial charge is 0.371 e. The van der Waals surface area contributed by atoms with Gasteiger partial charge < -0.3 is 10.6 Å². The SMILES string of the molecule is NC1CCCC1CN1CCCc2ccccc21. The van der Waals surface area contributed by atoms with Gasteiger partial charge in [-0.1, -0.05) is 24.6 Å². The van der Waals surface area contributed by atoms with Crippen LogP contribution in [0.5, 0.6) is 0 Å². The number of benzene rings is 1. The van der Waals surface area contributed by atoms with Gasteiger partial charge in [0.15, 0.2) is 0 Å². The first-order valence-electron chi connectivity index (χ1n) is 6.93. The molecule has 2 atom stereocenters. The van der Waals surface area contributed by atoms with Crippen LogP contribution in [0.15, 0.2) is 24.3 Å². The summed E-state index contributed by atoms with van der Waals surface area (Å²) < 4.78 is 0. The molecule has 3 rings (SSSR count). The van der Waals surface area contributed by atoms with E-state index in [9.17, 15) is 0 Å². The minimum Gasteiger partial charge on any atom is -0.371 e. The molecule has 1 aromatic carbocycles. The third-order valence-electron chi connectivity index (χ3n) is 4.38. The summed E-state index contributed by atoms with van der Waals surface area (Å²) in [7, 11) is 0. The molecule has 1 aliphatic heterocycles. The number of anilines is 1. The van der Waals surface area contributed by atoms with E-state index in [1.807, 2.05) is 0 Å². The van der Waals surface area contributed by atoms with Gasteiger partial charge in [0.1, 0.15) is 0 Å². The fourth-order valence-electron chi connectivity index (χ4n) is 3.38. The molecule has 1 saturated carbocycles. The molecule has 0 radical (unpaired) electrons. The van der Waals surface area contributed by atoms with Gasteiger partial charge in [-0.2, -0.15) is 0 Å². The lowest BCUT2D eigenvalue weighted by Gasteiger charge is -2.34. The molecule has 0 amide bonds. The molecule has 1 fully saturated rings. The van der Waals surface area contributed by atoms with Crippen LogP contribution in [-0.4, -0.2) is 19.1 Å². The fourth-order valence-corrected chi connectivity index (χ4v) is 3.38. The highest BCUT2D eigenvalue weighted by molar-refractivity contribution is 5.55. The zero-order valence-electron chi connectivity index (χ0n) is 10.4. The van der Waals surface area contributed by atoms with Crippen molar-refractivity contribution in [1.29, 1.82) is 0 Å². The number of rotatable bonds is 2. The lowest BCUT2D eigenvalue weighted by molar-refractivity contribution is 0.466. The Labute approximate surface area is 104 Å². The summed E-state index contributed by atoms with van der Waals surface area (Å²) in [5.41, 5.74) is 9.16. The highest BCUT2D eigenvalue weighted by Crippen LogP contribution is 2.31. The Morgan fingerprint density at radius 2 is 2.06 bits per heavy atom. The first kappa shape index (κ1) is 11.1. The number of nitrogens with zero attached hydrogens (tertiary/aromatic N) is 1. The zero-order valence-corrected chi connectivity index (χ0v) is 10.4. The van der Waals surface area contributed by atoms with Crippen molar-refractivity contribution in [3.05, 3.63) is 29.8 Å². The van der Waals surface area contributed by atoms with E-state index in [2.05, 4.69) is 29.2 Å². The molecule has 92 valence electrons. The van der Waals surface area contributed by atoms with E-state index >= 15 is 0 Å². The van der Waals surface area contributed by atoms with E-state index in [0.29, 0.717) is 12.0 Å². The Hall–Kier alpha value is -1.02. The molecule has 2 N–H and O–H groups in total. The fraction of sp³-hybridized carbons (Fsp3) is 0.600. The number of para-hydroxylation sites is 1. The van der Waals surface area contributed by atoms with Gasteiger partial charge in [0, 0.05) is 24.8 Å². The molecule has 0 bridgehead atoms. The van der Waals surface area contributed by atoms with E-state index < -0.39 is 0 Å². The predicted octanol–water partition coefficient (Wildman–Crippen LogP) is 2.57. The van der Waals surface area contributed by atoms with E-state index in [0.717, 1.165) is 6.54 Å². The van der Waals surface area contributed by atoms with Crippen LogP contribution in [0.2, 0.25) is 0 Å². The molecule has 1 aromatic rings. The average molecular weight is 230 g/mol. The summed E-state index contributed by atoms with van der Waals surface area (Å²) >= 11 is 0. The first-order valence-corrected chi connectivity index (χ1v) is 6.93. The Morgan fingerprint density at radius 3 is 2.88 bits per heavy atom. The van der Waals surface area contributed by atoms with Crippen LogP contribution >= 0.6 is 0 Å². The van der Waals surface area contributed by atoms with Crippen LogP contribution in [0.3, 0.4) is 0 Å². The van der Waals surface area contributed by atoms with Crippen LogP contribution in [0.1, 0.15) is 31.2 Å². The van der Waals surface area contributed by atoms with Gasteiger partial charge in [0.2, 0.25) is 0 Å². The average Bonchev–Trinajstić information content (AvgIpc) is 2.76. The molecule has 1 heterocycles. The summed E-state index contributed by atoms with van der Waals surface area (Å²) in [4.78, 5) is 2.56. The van der Waals surface area contributed by atoms with Crippen molar-refractivity contribution in [2.75, 3.05) is 18.0 Å². The van der Waals surface area contributed by atoms with Gasteiger partial charge in [-0.05, 0) is 43.2 Å². The monoisotopic (exact) mass is 230 g/mol. The predicted molar refractivity (Wildman–Crippen MR) is 72.3 cm³/mol. The van der Waals surface area contributed by atoms with Gasteiger partial charge in [-0.3, -0.25) is 0 Å². The normalized spacial score (nSPS) is 28.2. The number of hydrogen-bond acceptors (Lipinski definition) is 2. The second-order valence-electron chi connectivity index (χ2n) is 5.53. The lowest BCUT2D eigenvalue weighted by atomic mass is 9.98. The molecule has 1 aliphatic carbocycles. The number of hydrogen-bond donors (Lipinski definition) is 1. The third kappa shape index (κ3) is 2.19. The summed E-state index contributed by atoms with van der Waals surface area (Å²) in [6.45, 7) is 2.37. The first-order chi connectivity index (χ1) is 8.34. The maximum atomic E-state index is 6.19. The topological polar surface area (TPSA) is 29.3 Å². The van der Waals surface area contributed by atoms with Crippen LogP contribution in [0.4, 0.5) is 5.69 Å². The molecule has 2 nitrogen and oxygen atoms in total. The Balaban J connectivity index is 1.76. The molecule has 0 spiro atoms. The van der Waals surface area contributed by atoms with Crippen molar-refractivity contribution in [2.45, 2.75) is 38.1 Å². The van der Waals surface area contributed by atoms with Gasteiger partial charge >= 0.3 is 0 Å². The number of nitrogens with two attached hydrogens (primary N) is 1. The van der Waals surface area contributed by atoms with Gasteiger partial charge in [-0.25, -0.2) is 0 Å².